The van der Waals surface area contributed by atoms with E-state index in [0.29, 0.717) is 24.2 Å². The van der Waals surface area contributed by atoms with Crippen LogP contribution in [0.1, 0.15) is 50.2 Å². The molecule has 13 heteroatoms. The van der Waals surface area contributed by atoms with Crippen LogP contribution in [0, 0.1) is 0 Å². The highest BCUT2D eigenvalue weighted by Crippen LogP contribution is 2.33. The average molecular weight is 689 g/mol. The molecule has 0 unspecified atom stereocenters. The molecular formula is C37H31F3N2O8. The molecule has 1 aliphatic heterocycles. The van der Waals surface area contributed by atoms with Gasteiger partial charge in [-0.15, -0.1) is 0 Å². The second-order valence-corrected chi connectivity index (χ2v) is 11.7. The third-order valence-corrected chi connectivity index (χ3v) is 8.45. The van der Waals surface area contributed by atoms with Crippen LogP contribution in [0.25, 0.3) is 11.1 Å². The largest absolute Gasteiger partial charge is 0.480 e. The summed E-state index contributed by atoms with van der Waals surface area (Å²) in [6, 6.07) is 22.1. The van der Waals surface area contributed by atoms with Gasteiger partial charge in [0.1, 0.15) is 6.61 Å². The number of esters is 1. The number of hydrogen-bond acceptors (Lipinski definition) is 6. The SMILES string of the molecule is O=C(Cc1ccc(NC(=O)c2ccccc2-c2ccc(C(F)(F)F)cc2)c(C(=O)N2CCCC2)c1)OCC(C(=O)O)(C(=O)O)c1ccccc1. The number of anilines is 1. The number of benzene rings is 4. The minimum Gasteiger partial charge on any atom is -0.480 e. The summed E-state index contributed by atoms with van der Waals surface area (Å²) in [5.74, 6) is -5.44. The Hall–Kier alpha value is -5.98. The summed E-state index contributed by atoms with van der Waals surface area (Å²) in [6.45, 7) is -0.0467. The Morgan fingerprint density at radius 3 is 1.98 bits per heavy atom. The fourth-order valence-corrected chi connectivity index (χ4v) is 5.71. The summed E-state index contributed by atoms with van der Waals surface area (Å²) < 4.78 is 44.6. The van der Waals surface area contributed by atoms with Gasteiger partial charge in [0.05, 0.1) is 23.2 Å². The number of carbonyl (C=O) groups excluding carboxylic acids is 3. The molecule has 258 valence electrons. The molecule has 3 N–H and O–H groups in total. The Morgan fingerprint density at radius 1 is 0.740 bits per heavy atom. The van der Waals surface area contributed by atoms with Gasteiger partial charge in [-0.2, -0.15) is 13.2 Å². The predicted molar refractivity (Wildman–Crippen MR) is 174 cm³/mol. The number of amides is 2. The van der Waals surface area contributed by atoms with Gasteiger partial charge in [-0.1, -0.05) is 66.7 Å². The van der Waals surface area contributed by atoms with Crippen LogP contribution in [-0.4, -0.2) is 64.5 Å². The van der Waals surface area contributed by atoms with Crippen molar-refractivity contribution in [2.45, 2.75) is 30.9 Å². The summed E-state index contributed by atoms with van der Waals surface area (Å²) in [6.07, 6.45) is -3.43. The Balaban J connectivity index is 1.39. The Kier molecular flexibility index (Phi) is 10.3. The number of carboxylic acid groups (broad SMARTS) is 2. The maximum Gasteiger partial charge on any atom is 0.416 e. The number of nitrogens with one attached hydrogen (secondary N) is 1. The quantitative estimate of drug-likeness (QED) is 0.127. The summed E-state index contributed by atoms with van der Waals surface area (Å²) in [7, 11) is 0. The molecule has 0 saturated carbocycles. The normalized spacial score (nSPS) is 13.1. The van der Waals surface area contributed by atoms with Gasteiger partial charge >= 0.3 is 24.1 Å². The molecule has 0 atom stereocenters. The van der Waals surface area contributed by atoms with Gasteiger partial charge in [0.15, 0.2) is 0 Å². The topological polar surface area (TPSA) is 150 Å². The van der Waals surface area contributed by atoms with Crippen molar-refractivity contribution in [3.63, 3.8) is 0 Å². The first-order valence-corrected chi connectivity index (χ1v) is 15.5. The number of hydrogen-bond donors (Lipinski definition) is 3. The van der Waals surface area contributed by atoms with Gasteiger partial charge in [-0.3, -0.25) is 24.0 Å². The smallest absolute Gasteiger partial charge is 0.416 e. The molecule has 10 nitrogen and oxygen atoms in total. The number of alkyl halides is 3. The van der Waals surface area contributed by atoms with E-state index in [9.17, 15) is 47.4 Å². The van der Waals surface area contributed by atoms with Crippen LogP contribution in [0.4, 0.5) is 18.9 Å². The Labute approximate surface area is 284 Å². The summed E-state index contributed by atoms with van der Waals surface area (Å²) in [5.41, 5.74) is -2.16. The van der Waals surface area contributed by atoms with E-state index in [1.165, 1.54) is 60.7 Å². The molecule has 0 aliphatic carbocycles. The number of carboxylic acids is 2. The molecule has 5 rings (SSSR count). The van der Waals surface area contributed by atoms with E-state index in [0.717, 1.165) is 25.0 Å². The third-order valence-electron chi connectivity index (χ3n) is 8.45. The fourth-order valence-electron chi connectivity index (χ4n) is 5.71. The standard InChI is InChI=1S/C37H31F3N2O8/c38-37(39,40)26-15-13-24(14-16-26)27-10-4-5-11-28(27)32(44)41-30-17-12-23(20-29(30)33(45)42-18-6-7-19-42)21-31(43)50-22-36(34(46)47,35(48)49)25-8-2-1-3-9-25/h1-5,8-17,20H,6-7,18-19,21-22H2,(H,41,44)(H,46,47)(H,48,49). The van der Waals surface area contributed by atoms with Gasteiger partial charge in [0, 0.05) is 18.7 Å². The molecule has 4 aromatic rings. The minimum absolute atomic E-state index is 0.0623. The van der Waals surface area contributed by atoms with Crippen molar-refractivity contribution in [2.24, 2.45) is 0 Å². The number of likely N-dealkylation sites (tertiary alicyclic amines) is 1. The molecule has 1 heterocycles. The second kappa shape index (κ2) is 14.6. The van der Waals surface area contributed by atoms with E-state index in [1.54, 1.807) is 29.2 Å². The van der Waals surface area contributed by atoms with E-state index in [1.807, 2.05) is 0 Å². The van der Waals surface area contributed by atoms with E-state index >= 15 is 0 Å². The van der Waals surface area contributed by atoms with Gasteiger partial charge in [-0.05, 0) is 65.4 Å². The van der Waals surface area contributed by atoms with Crippen molar-refractivity contribution < 1.29 is 52.1 Å². The Bertz CT molecular complexity index is 1910. The van der Waals surface area contributed by atoms with Crippen LogP contribution in [-0.2, 0) is 37.1 Å². The maximum absolute atomic E-state index is 13.6. The van der Waals surface area contributed by atoms with E-state index in [2.05, 4.69) is 5.32 Å². The van der Waals surface area contributed by atoms with Crippen molar-refractivity contribution in [1.82, 2.24) is 4.90 Å². The monoisotopic (exact) mass is 688 g/mol. The molecule has 2 amide bonds. The van der Waals surface area contributed by atoms with Crippen molar-refractivity contribution in [3.8, 4) is 11.1 Å². The summed E-state index contributed by atoms with van der Waals surface area (Å²) in [4.78, 5) is 66.1. The van der Waals surface area contributed by atoms with Crippen LogP contribution in [0.5, 0.6) is 0 Å². The van der Waals surface area contributed by atoms with Gasteiger partial charge in [0.2, 0.25) is 5.41 Å². The van der Waals surface area contributed by atoms with Crippen molar-refractivity contribution in [2.75, 3.05) is 25.0 Å². The zero-order valence-electron chi connectivity index (χ0n) is 26.4. The Morgan fingerprint density at radius 2 is 1.36 bits per heavy atom. The zero-order chi connectivity index (χ0) is 36.1. The molecule has 1 fully saturated rings. The first-order valence-electron chi connectivity index (χ1n) is 15.5. The highest BCUT2D eigenvalue weighted by Gasteiger charge is 2.50. The summed E-state index contributed by atoms with van der Waals surface area (Å²) >= 11 is 0. The van der Waals surface area contributed by atoms with Crippen molar-refractivity contribution in [1.29, 1.82) is 0 Å². The lowest BCUT2D eigenvalue weighted by molar-refractivity contribution is -0.164. The average Bonchev–Trinajstić information content (AvgIpc) is 3.64. The first-order chi connectivity index (χ1) is 23.8. The number of ether oxygens (including phenoxy) is 1. The van der Waals surface area contributed by atoms with E-state index in [-0.39, 0.29) is 27.9 Å². The highest BCUT2D eigenvalue weighted by atomic mass is 19.4. The van der Waals surface area contributed by atoms with Crippen LogP contribution in [0.15, 0.2) is 97.1 Å². The molecule has 0 radical (unpaired) electrons. The van der Waals surface area contributed by atoms with E-state index < -0.39 is 59.9 Å². The molecular weight excluding hydrogens is 657 g/mol. The molecule has 1 aliphatic rings. The summed E-state index contributed by atoms with van der Waals surface area (Å²) in [5, 5.41) is 22.5. The van der Waals surface area contributed by atoms with Gasteiger partial charge in [0.25, 0.3) is 11.8 Å². The lowest BCUT2D eigenvalue weighted by atomic mass is 9.81. The zero-order valence-corrected chi connectivity index (χ0v) is 26.4. The second-order valence-electron chi connectivity index (χ2n) is 11.7. The lowest BCUT2D eigenvalue weighted by Crippen LogP contribution is -2.48. The number of carbonyl (C=O) groups is 5. The lowest BCUT2D eigenvalue weighted by Gasteiger charge is -2.25. The number of nitrogens with zero attached hydrogens (tertiary/aromatic N) is 1. The number of rotatable bonds is 11. The van der Waals surface area contributed by atoms with Crippen LogP contribution in [0.3, 0.4) is 0 Å². The molecule has 1 saturated heterocycles. The van der Waals surface area contributed by atoms with Crippen LogP contribution < -0.4 is 5.32 Å². The van der Waals surface area contributed by atoms with Crippen molar-refractivity contribution in [3.05, 3.63) is 125 Å². The van der Waals surface area contributed by atoms with E-state index in [4.69, 9.17) is 4.74 Å². The molecule has 0 aromatic heterocycles. The number of halogens is 3. The van der Waals surface area contributed by atoms with Crippen molar-refractivity contribution >= 4 is 35.4 Å². The van der Waals surface area contributed by atoms with Gasteiger partial charge in [-0.25, -0.2) is 0 Å². The van der Waals surface area contributed by atoms with Crippen LogP contribution >= 0.6 is 0 Å². The molecule has 0 spiro atoms. The molecule has 4 aromatic carbocycles. The number of aliphatic carboxylic acids is 2. The van der Waals surface area contributed by atoms with Crippen LogP contribution in [0.2, 0.25) is 0 Å². The molecule has 50 heavy (non-hydrogen) atoms. The molecule has 0 bridgehead atoms. The maximum atomic E-state index is 13.6. The fraction of sp³-hybridized carbons (Fsp3) is 0.216. The van der Waals surface area contributed by atoms with Gasteiger partial charge < -0.3 is 25.2 Å². The minimum atomic E-state index is -4.53. The first kappa shape index (κ1) is 35.3. The predicted octanol–water partition coefficient (Wildman–Crippen LogP) is 6.05. The third kappa shape index (κ3) is 7.51. The highest BCUT2D eigenvalue weighted by molar-refractivity contribution is 6.12.